The first-order chi connectivity index (χ1) is 10.1. The van der Waals surface area contributed by atoms with Crippen molar-refractivity contribution in [2.24, 2.45) is 5.92 Å². The number of hydrogen-bond donors (Lipinski definition) is 1. The van der Waals surface area contributed by atoms with Gasteiger partial charge in [-0.1, -0.05) is 19.9 Å². The van der Waals surface area contributed by atoms with Gasteiger partial charge in [-0.2, -0.15) is 0 Å². The summed E-state index contributed by atoms with van der Waals surface area (Å²) in [6.07, 6.45) is 1.22. The van der Waals surface area contributed by atoms with Crippen molar-refractivity contribution < 1.29 is 0 Å². The summed E-state index contributed by atoms with van der Waals surface area (Å²) in [6, 6.07) is 4.42. The van der Waals surface area contributed by atoms with E-state index in [0.29, 0.717) is 5.92 Å². The minimum absolute atomic E-state index is 0.687. The minimum Gasteiger partial charge on any atom is -0.355 e. The first-order valence-corrected chi connectivity index (χ1v) is 8.17. The number of anilines is 1. The van der Waals surface area contributed by atoms with E-state index < -0.39 is 0 Å². The Labute approximate surface area is 129 Å². The Hall–Kier alpha value is -1.13. The molecule has 0 aliphatic carbocycles. The molecule has 1 saturated heterocycles. The molecule has 2 rings (SSSR count). The maximum Gasteiger partial charge on any atom is 0.128 e. The fourth-order valence-corrected chi connectivity index (χ4v) is 2.71. The van der Waals surface area contributed by atoms with E-state index in [2.05, 4.69) is 55.1 Å². The molecule has 0 atom stereocenters. The molecule has 0 bridgehead atoms. The number of pyridine rings is 1. The van der Waals surface area contributed by atoms with Gasteiger partial charge in [0, 0.05) is 31.9 Å². The molecule has 0 amide bonds. The number of nitrogens with one attached hydrogen (secondary N) is 1. The summed E-state index contributed by atoms with van der Waals surface area (Å²) >= 11 is 0. The molecule has 1 aliphatic rings. The Morgan fingerprint density at radius 3 is 2.71 bits per heavy atom. The Kier molecular flexibility index (Phi) is 6.00. The van der Waals surface area contributed by atoms with Crippen LogP contribution in [0.1, 0.15) is 31.5 Å². The average molecular weight is 290 g/mol. The van der Waals surface area contributed by atoms with Crippen molar-refractivity contribution in [1.82, 2.24) is 15.2 Å². The molecule has 1 aromatic heterocycles. The second-order valence-electron chi connectivity index (χ2n) is 6.58. The van der Waals surface area contributed by atoms with Crippen molar-refractivity contribution in [3.05, 3.63) is 23.4 Å². The zero-order valence-corrected chi connectivity index (χ0v) is 14.0. The minimum atomic E-state index is 0.687. The van der Waals surface area contributed by atoms with E-state index in [4.69, 9.17) is 4.98 Å². The highest BCUT2D eigenvalue weighted by molar-refractivity contribution is 5.42. The van der Waals surface area contributed by atoms with Gasteiger partial charge in [0.05, 0.1) is 0 Å². The molecular weight excluding hydrogens is 260 g/mol. The molecule has 0 saturated carbocycles. The van der Waals surface area contributed by atoms with Crippen LogP contribution in [0.5, 0.6) is 0 Å². The number of aromatic nitrogens is 1. The molecule has 0 unspecified atom stereocenters. The predicted octanol–water partition coefficient (Wildman–Crippen LogP) is 2.28. The van der Waals surface area contributed by atoms with E-state index in [9.17, 15) is 0 Å². The zero-order chi connectivity index (χ0) is 15.2. The highest BCUT2D eigenvalue weighted by Gasteiger charge is 2.14. The van der Waals surface area contributed by atoms with Gasteiger partial charge >= 0.3 is 0 Å². The van der Waals surface area contributed by atoms with E-state index in [1.807, 2.05) is 0 Å². The fourth-order valence-electron chi connectivity index (χ4n) is 2.71. The first kappa shape index (κ1) is 16.2. The van der Waals surface area contributed by atoms with Crippen molar-refractivity contribution in [2.75, 3.05) is 44.7 Å². The summed E-state index contributed by atoms with van der Waals surface area (Å²) < 4.78 is 0. The average Bonchev–Trinajstić information content (AvgIpc) is 2.65. The van der Waals surface area contributed by atoms with E-state index in [1.54, 1.807) is 0 Å². The van der Waals surface area contributed by atoms with E-state index >= 15 is 0 Å². The molecule has 1 fully saturated rings. The molecule has 4 heteroatoms. The van der Waals surface area contributed by atoms with Gasteiger partial charge in [-0.15, -0.1) is 0 Å². The second kappa shape index (κ2) is 7.76. The van der Waals surface area contributed by atoms with Crippen molar-refractivity contribution in [2.45, 2.75) is 33.7 Å². The van der Waals surface area contributed by atoms with Crippen LogP contribution in [-0.4, -0.2) is 49.7 Å². The lowest BCUT2D eigenvalue weighted by molar-refractivity contribution is 0.360. The van der Waals surface area contributed by atoms with E-state index in [1.165, 1.54) is 18.5 Å². The predicted molar refractivity (Wildman–Crippen MR) is 89.8 cm³/mol. The van der Waals surface area contributed by atoms with Gasteiger partial charge in [0.25, 0.3) is 0 Å². The first-order valence-electron chi connectivity index (χ1n) is 8.17. The van der Waals surface area contributed by atoms with Gasteiger partial charge in [-0.05, 0) is 51.0 Å². The van der Waals surface area contributed by atoms with Crippen LogP contribution >= 0.6 is 0 Å². The lowest BCUT2D eigenvalue weighted by atomic mass is 10.1. The molecule has 0 aromatic carbocycles. The highest BCUT2D eigenvalue weighted by Crippen LogP contribution is 2.16. The van der Waals surface area contributed by atoms with Gasteiger partial charge in [0.15, 0.2) is 0 Å². The van der Waals surface area contributed by atoms with Crippen LogP contribution < -0.4 is 10.2 Å². The van der Waals surface area contributed by atoms with Gasteiger partial charge in [-0.25, -0.2) is 4.98 Å². The summed E-state index contributed by atoms with van der Waals surface area (Å²) in [4.78, 5) is 9.65. The third-order valence-electron chi connectivity index (χ3n) is 4.09. The Morgan fingerprint density at radius 1 is 1.19 bits per heavy atom. The van der Waals surface area contributed by atoms with Gasteiger partial charge in [0.1, 0.15) is 5.82 Å². The third kappa shape index (κ3) is 4.97. The Morgan fingerprint density at radius 2 is 2.00 bits per heavy atom. The Balaban J connectivity index is 1.97. The van der Waals surface area contributed by atoms with Crippen molar-refractivity contribution >= 4 is 5.82 Å². The van der Waals surface area contributed by atoms with Crippen LogP contribution in [-0.2, 0) is 6.54 Å². The number of aryl methyl sites for hydroxylation is 1. The van der Waals surface area contributed by atoms with Crippen LogP contribution in [0.15, 0.2) is 12.1 Å². The molecule has 2 heterocycles. The SMILES string of the molecule is Cc1nc(N2CCCN(C)CC2)ccc1CNCC(C)C. The van der Waals surface area contributed by atoms with Crippen LogP contribution in [0.25, 0.3) is 0 Å². The van der Waals surface area contributed by atoms with Crippen LogP contribution in [0, 0.1) is 12.8 Å². The number of nitrogens with zero attached hydrogens (tertiary/aromatic N) is 3. The van der Waals surface area contributed by atoms with E-state index in [0.717, 1.165) is 44.2 Å². The van der Waals surface area contributed by atoms with E-state index in [-0.39, 0.29) is 0 Å². The maximum atomic E-state index is 4.83. The maximum absolute atomic E-state index is 4.83. The number of rotatable bonds is 5. The summed E-state index contributed by atoms with van der Waals surface area (Å²) in [6.45, 7) is 13.1. The molecule has 0 radical (unpaired) electrons. The highest BCUT2D eigenvalue weighted by atomic mass is 15.2. The second-order valence-corrected chi connectivity index (χ2v) is 6.58. The number of likely N-dealkylation sites (N-methyl/N-ethyl adjacent to an activating group) is 1. The molecule has 1 aliphatic heterocycles. The fraction of sp³-hybridized carbons (Fsp3) is 0.706. The molecule has 118 valence electrons. The molecular formula is C17H30N4. The topological polar surface area (TPSA) is 31.4 Å². The van der Waals surface area contributed by atoms with Gasteiger partial charge < -0.3 is 15.1 Å². The largest absolute Gasteiger partial charge is 0.355 e. The lowest BCUT2D eigenvalue weighted by Crippen LogP contribution is -2.29. The van der Waals surface area contributed by atoms with Crippen LogP contribution in [0.2, 0.25) is 0 Å². The monoisotopic (exact) mass is 290 g/mol. The standard InChI is InChI=1S/C17H30N4/c1-14(2)12-18-13-16-6-7-17(19-15(16)3)21-9-5-8-20(4)10-11-21/h6-7,14,18H,5,8-13H2,1-4H3. The molecule has 1 aromatic rings. The lowest BCUT2D eigenvalue weighted by Gasteiger charge is -2.22. The van der Waals surface area contributed by atoms with Crippen molar-refractivity contribution in [3.8, 4) is 0 Å². The summed E-state index contributed by atoms with van der Waals surface area (Å²) in [5.74, 6) is 1.82. The quantitative estimate of drug-likeness (QED) is 0.901. The molecule has 1 N–H and O–H groups in total. The summed E-state index contributed by atoms with van der Waals surface area (Å²) in [7, 11) is 2.20. The zero-order valence-electron chi connectivity index (χ0n) is 14.0. The van der Waals surface area contributed by atoms with Crippen molar-refractivity contribution in [3.63, 3.8) is 0 Å². The normalized spacial score (nSPS) is 17.3. The summed E-state index contributed by atoms with van der Waals surface area (Å²) in [5.41, 5.74) is 2.47. The Bertz CT molecular complexity index is 444. The number of hydrogen-bond acceptors (Lipinski definition) is 4. The summed E-state index contributed by atoms with van der Waals surface area (Å²) in [5, 5.41) is 3.50. The van der Waals surface area contributed by atoms with Gasteiger partial charge in [0.2, 0.25) is 0 Å². The molecule has 0 spiro atoms. The van der Waals surface area contributed by atoms with Crippen LogP contribution in [0.3, 0.4) is 0 Å². The van der Waals surface area contributed by atoms with Crippen molar-refractivity contribution in [1.29, 1.82) is 0 Å². The smallest absolute Gasteiger partial charge is 0.128 e. The molecule has 4 nitrogen and oxygen atoms in total. The molecule has 21 heavy (non-hydrogen) atoms. The van der Waals surface area contributed by atoms with Crippen LogP contribution in [0.4, 0.5) is 5.82 Å². The van der Waals surface area contributed by atoms with Gasteiger partial charge in [-0.3, -0.25) is 0 Å². The third-order valence-corrected chi connectivity index (χ3v) is 4.09.